The molecule has 0 amide bonds. The molecule has 0 bridgehead atoms. The van der Waals surface area contributed by atoms with Crippen molar-refractivity contribution in [2.24, 2.45) is 4.99 Å². The number of hydrogen-bond donors (Lipinski definition) is 0. The van der Waals surface area contributed by atoms with Gasteiger partial charge in [0.2, 0.25) is 0 Å². The van der Waals surface area contributed by atoms with Crippen molar-refractivity contribution in [2.75, 3.05) is 13.2 Å². The minimum Gasteiger partial charge on any atom is -0.337 e. The highest BCUT2D eigenvalue weighted by atomic mass is 17.2. The Balaban J connectivity index is 2.67. The smallest absolute Gasteiger partial charge is 0.171 e. The number of nitrogens with zero attached hydrogens (tertiary/aromatic N) is 1. The van der Waals surface area contributed by atoms with E-state index in [0.717, 1.165) is 37.1 Å². The Morgan fingerprint density at radius 1 is 1.21 bits per heavy atom. The van der Waals surface area contributed by atoms with E-state index in [1.165, 1.54) is 11.1 Å². The quantitative estimate of drug-likeness (QED) is 0.307. The second-order valence-corrected chi connectivity index (χ2v) is 4.61. The van der Waals surface area contributed by atoms with Gasteiger partial charge in [0.15, 0.2) is 5.75 Å². The van der Waals surface area contributed by atoms with Crippen LogP contribution in [0.25, 0.3) is 0 Å². The van der Waals surface area contributed by atoms with Crippen LogP contribution in [0, 0.1) is 13.8 Å². The Morgan fingerprint density at radius 2 is 2.00 bits per heavy atom. The summed E-state index contributed by atoms with van der Waals surface area (Å²) in [4.78, 5) is 14.8. The van der Waals surface area contributed by atoms with E-state index < -0.39 is 0 Å². The van der Waals surface area contributed by atoms with Gasteiger partial charge in [-0.3, -0.25) is 4.99 Å². The van der Waals surface area contributed by atoms with Crippen LogP contribution in [-0.4, -0.2) is 19.4 Å². The lowest BCUT2D eigenvalue weighted by atomic mass is 10.0. The number of aliphatic imine (C=N–C) groups is 1. The van der Waals surface area contributed by atoms with Crippen LogP contribution in [-0.2, 0) is 11.3 Å². The average molecular weight is 263 g/mol. The van der Waals surface area contributed by atoms with E-state index in [1.807, 2.05) is 20.1 Å². The highest BCUT2D eigenvalue weighted by molar-refractivity contribution is 5.53. The Morgan fingerprint density at radius 3 is 2.68 bits per heavy atom. The molecule has 0 fully saturated rings. The van der Waals surface area contributed by atoms with Crippen molar-refractivity contribution in [3.8, 4) is 5.75 Å². The minimum atomic E-state index is 0.554. The summed E-state index contributed by atoms with van der Waals surface area (Å²) in [5, 5.41) is 0. The maximum Gasteiger partial charge on any atom is 0.171 e. The first-order chi connectivity index (χ1) is 9.20. The summed E-state index contributed by atoms with van der Waals surface area (Å²) in [5.74, 6) is 0.890. The Labute approximate surface area is 116 Å². The molecule has 0 atom stereocenters. The molecule has 0 unspecified atom stereocenters. The van der Waals surface area contributed by atoms with Gasteiger partial charge in [-0.1, -0.05) is 12.1 Å². The first kappa shape index (κ1) is 15.7. The number of hydrogen-bond acceptors (Lipinski definition) is 3. The van der Waals surface area contributed by atoms with Crippen LogP contribution in [0.5, 0.6) is 5.75 Å². The number of unbranched alkanes of at least 4 members (excludes halogenated alkanes) is 1. The van der Waals surface area contributed by atoms with Gasteiger partial charge < -0.3 is 4.89 Å². The van der Waals surface area contributed by atoms with Gasteiger partial charge in [0, 0.05) is 6.54 Å². The highest BCUT2D eigenvalue weighted by Gasteiger charge is 2.10. The molecule has 3 nitrogen and oxygen atoms in total. The highest BCUT2D eigenvalue weighted by Crippen LogP contribution is 2.28. The van der Waals surface area contributed by atoms with E-state index in [4.69, 9.17) is 9.78 Å². The second-order valence-electron chi connectivity index (χ2n) is 4.61. The maximum atomic E-state index is 5.45. The molecule has 1 aromatic carbocycles. The molecule has 0 heterocycles. The van der Waals surface area contributed by atoms with Crippen LogP contribution in [0.15, 0.2) is 17.1 Å². The molecule has 106 valence electrons. The van der Waals surface area contributed by atoms with Gasteiger partial charge in [-0.25, -0.2) is 0 Å². The summed E-state index contributed by atoms with van der Waals surface area (Å²) in [5.41, 5.74) is 3.61. The van der Waals surface area contributed by atoms with Crippen molar-refractivity contribution in [1.29, 1.82) is 0 Å². The number of aryl methyl sites for hydroxylation is 2. The fourth-order valence-electron chi connectivity index (χ4n) is 1.92. The van der Waals surface area contributed by atoms with E-state index in [0.29, 0.717) is 6.61 Å². The third kappa shape index (κ3) is 5.03. The van der Waals surface area contributed by atoms with Gasteiger partial charge in [0.1, 0.15) is 0 Å². The van der Waals surface area contributed by atoms with E-state index in [2.05, 4.69) is 31.0 Å². The normalized spacial score (nSPS) is 11.2. The van der Waals surface area contributed by atoms with Crippen LogP contribution >= 0.6 is 0 Å². The van der Waals surface area contributed by atoms with Crippen LogP contribution in [0.2, 0.25) is 0 Å². The molecule has 1 aromatic rings. The van der Waals surface area contributed by atoms with Gasteiger partial charge in [-0.05, 0) is 69.9 Å². The van der Waals surface area contributed by atoms with E-state index >= 15 is 0 Å². The zero-order valence-electron chi connectivity index (χ0n) is 12.5. The Bertz CT molecular complexity index is 413. The van der Waals surface area contributed by atoms with Crippen LogP contribution in [0.3, 0.4) is 0 Å². The van der Waals surface area contributed by atoms with Gasteiger partial charge in [-0.2, -0.15) is 4.89 Å². The van der Waals surface area contributed by atoms with Gasteiger partial charge in [0.05, 0.1) is 6.61 Å². The fraction of sp³-hybridized carbons (Fsp3) is 0.562. The summed E-state index contributed by atoms with van der Waals surface area (Å²) < 4.78 is 0. The standard InChI is InChI=1S/C16H25NO2/c1-5-17-12-8-7-9-15-11-10-13(3)14(4)16(15)19-18-6-2/h5,10-11H,6-9,12H2,1-4H3. The maximum absolute atomic E-state index is 5.45. The molecule has 0 radical (unpaired) electrons. The lowest BCUT2D eigenvalue weighted by Crippen LogP contribution is -2.03. The SMILES string of the molecule is CC=NCCCCc1ccc(C)c(C)c1OOCC. The number of benzene rings is 1. The fourth-order valence-corrected chi connectivity index (χ4v) is 1.92. The van der Waals surface area contributed by atoms with E-state index in [-0.39, 0.29) is 0 Å². The lowest BCUT2D eigenvalue weighted by molar-refractivity contribution is -0.203. The topological polar surface area (TPSA) is 30.8 Å². The molecule has 0 spiro atoms. The van der Waals surface area contributed by atoms with Crippen molar-refractivity contribution in [2.45, 2.75) is 47.0 Å². The van der Waals surface area contributed by atoms with Crippen molar-refractivity contribution in [1.82, 2.24) is 0 Å². The van der Waals surface area contributed by atoms with Crippen LogP contribution < -0.4 is 4.89 Å². The van der Waals surface area contributed by atoms with E-state index in [9.17, 15) is 0 Å². The van der Waals surface area contributed by atoms with Crippen molar-refractivity contribution in [3.63, 3.8) is 0 Å². The molecule has 0 aliphatic heterocycles. The molecule has 19 heavy (non-hydrogen) atoms. The largest absolute Gasteiger partial charge is 0.337 e. The Kier molecular flexibility index (Phi) is 7.19. The molecular weight excluding hydrogens is 238 g/mol. The molecule has 1 rings (SSSR count). The molecule has 0 aliphatic carbocycles. The minimum absolute atomic E-state index is 0.554. The monoisotopic (exact) mass is 263 g/mol. The lowest BCUT2D eigenvalue weighted by Gasteiger charge is -2.13. The summed E-state index contributed by atoms with van der Waals surface area (Å²) in [6.45, 7) is 9.51. The summed E-state index contributed by atoms with van der Waals surface area (Å²) >= 11 is 0. The summed E-state index contributed by atoms with van der Waals surface area (Å²) in [6.07, 6.45) is 5.08. The zero-order valence-corrected chi connectivity index (χ0v) is 12.5. The molecule has 0 aliphatic rings. The average Bonchev–Trinajstić information content (AvgIpc) is 2.41. The molecule has 0 saturated carbocycles. The predicted octanol–water partition coefficient (Wildman–Crippen LogP) is 4.05. The van der Waals surface area contributed by atoms with Gasteiger partial charge >= 0.3 is 0 Å². The van der Waals surface area contributed by atoms with Gasteiger partial charge in [-0.15, -0.1) is 0 Å². The molecule has 3 heteroatoms. The molecular formula is C16H25NO2. The van der Waals surface area contributed by atoms with Crippen LogP contribution in [0.1, 0.15) is 43.4 Å². The Hall–Kier alpha value is -1.35. The van der Waals surface area contributed by atoms with E-state index in [1.54, 1.807) is 0 Å². The summed E-state index contributed by atoms with van der Waals surface area (Å²) in [6, 6.07) is 4.29. The van der Waals surface area contributed by atoms with Crippen molar-refractivity contribution < 1.29 is 9.78 Å². The molecule has 0 saturated heterocycles. The van der Waals surface area contributed by atoms with Crippen molar-refractivity contribution >= 4 is 6.21 Å². The first-order valence-corrected chi connectivity index (χ1v) is 7.03. The molecule has 0 N–H and O–H groups in total. The zero-order chi connectivity index (χ0) is 14.1. The predicted molar refractivity (Wildman–Crippen MR) is 80.1 cm³/mol. The third-order valence-corrected chi connectivity index (χ3v) is 3.18. The van der Waals surface area contributed by atoms with Crippen LogP contribution in [0.4, 0.5) is 0 Å². The summed E-state index contributed by atoms with van der Waals surface area (Å²) in [7, 11) is 0. The third-order valence-electron chi connectivity index (χ3n) is 3.18. The van der Waals surface area contributed by atoms with Gasteiger partial charge in [0.25, 0.3) is 0 Å². The van der Waals surface area contributed by atoms with Crippen molar-refractivity contribution in [3.05, 3.63) is 28.8 Å². The first-order valence-electron chi connectivity index (χ1n) is 7.03. The molecule has 0 aromatic heterocycles. The second kappa shape index (κ2) is 8.70. The number of rotatable bonds is 8.